The molecule has 0 bridgehead atoms. The molecule has 1 saturated carbocycles. The van der Waals surface area contributed by atoms with Gasteiger partial charge in [-0.15, -0.1) is 0 Å². The SMILES string of the molecule is C[C]1CCCCC(C)C1C. The van der Waals surface area contributed by atoms with Crippen molar-refractivity contribution < 1.29 is 0 Å². The van der Waals surface area contributed by atoms with Crippen molar-refractivity contribution in [2.45, 2.75) is 46.5 Å². The first-order valence-corrected chi connectivity index (χ1v) is 4.54. The molecule has 1 aliphatic carbocycles. The molecule has 0 aromatic rings. The minimum absolute atomic E-state index is 0.877. The van der Waals surface area contributed by atoms with E-state index in [0.29, 0.717) is 0 Å². The van der Waals surface area contributed by atoms with Gasteiger partial charge in [-0.2, -0.15) is 0 Å². The third-order valence-electron chi connectivity index (χ3n) is 3.11. The Balaban J connectivity index is 2.46. The summed E-state index contributed by atoms with van der Waals surface area (Å²) in [4.78, 5) is 0. The molecule has 59 valence electrons. The number of hydrogen-bond acceptors (Lipinski definition) is 0. The normalized spacial score (nSPS) is 37.5. The monoisotopic (exact) mass is 139 g/mol. The van der Waals surface area contributed by atoms with Crippen LogP contribution in [0.3, 0.4) is 0 Å². The third kappa shape index (κ3) is 1.74. The lowest BCUT2D eigenvalue weighted by atomic mass is 9.84. The smallest absolute Gasteiger partial charge is 0.0241 e. The molecule has 1 fully saturated rings. The van der Waals surface area contributed by atoms with Gasteiger partial charge in [0.1, 0.15) is 0 Å². The zero-order valence-corrected chi connectivity index (χ0v) is 7.48. The van der Waals surface area contributed by atoms with Crippen molar-refractivity contribution in [2.24, 2.45) is 11.8 Å². The van der Waals surface area contributed by atoms with Gasteiger partial charge in [0.2, 0.25) is 0 Å². The van der Waals surface area contributed by atoms with Gasteiger partial charge in [0, 0.05) is 0 Å². The van der Waals surface area contributed by atoms with Crippen LogP contribution in [0.4, 0.5) is 0 Å². The van der Waals surface area contributed by atoms with Crippen molar-refractivity contribution >= 4 is 0 Å². The van der Waals surface area contributed by atoms with E-state index in [-0.39, 0.29) is 0 Å². The maximum atomic E-state index is 2.39. The second-order valence-electron chi connectivity index (χ2n) is 3.86. The van der Waals surface area contributed by atoms with E-state index in [1.54, 1.807) is 5.92 Å². The van der Waals surface area contributed by atoms with Crippen molar-refractivity contribution in [2.75, 3.05) is 0 Å². The minimum Gasteiger partial charge on any atom is -0.0622 e. The summed E-state index contributed by atoms with van der Waals surface area (Å²) >= 11 is 0. The quantitative estimate of drug-likeness (QED) is 0.451. The molecular weight excluding hydrogens is 120 g/mol. The Morgan fingerprint density at radius 1 is 1.20 bits per heavy atom. The van der Waals surface area contributed by atoms with Gasteiger partial charge in [0.25, 0.3) is 0 Å². The van der Waals surface area contributed by atoms with Crippen LogP contribution in [-0.2, 0) is 0 Å². The fourth-order valence-electron chi connectivity index (χ4n) is 1.83. The summed E-state index contributed by atoms with van der Waals surface area (Å²) in [5.74, 6) is 3.54. The number of rotatable bonds is 0. The molecule has 0 spiro atoms. The van der Waals surface area contributed by atoms with Gasteiger partial charge in [-0.3, -0.25) is 0 Å². The highest BCUT2D eigenvalue weighted by Gasteiger charge is 2.21. The van der Waals surface area contributed by atoms with E-state index in [1.165, 1.54) is 25.7 Å². The van der Waals surface area contributed by atoms with Crippen molar-refractivity contribution in [3.63, 3.8) is 0 Å². The van der Waals surface area contributed by atoms with Crippen LogP contribution in [0.1, 0.15) is 46.5 Å². The molecule has 0 aliphatic heterocycles. The maximum Gasteiger partial charge on any atom is -0.0241 e. The van der Waals surface area contributed by atoms with E-state index in [4.69, 9.17) is 0 Å². The van der Waals surface area contributed by atoms with Gasteiger partial charge >= 0.3 is 0 Å². The van der Waals surface area contributed by atoms with Gasteiger partial charge in [0.05, 0.1) is 0 Å². The van der Waals surface area contributed by atoms with Gasteiger partial charge < -0.3 is 0 Å². The molecule has 0 amide bonds. The van der Waals surface area contributed by atoms with Crippen LogP contribution in [0.2, 0.25) is 0 Å². The standard InChI is InChI=1S/C10H19/c1-8-6-4-5-7-9(2)10(8)3/h8,10H,4-7H2,1-3H3. The minimum atomic E-state index is 0.877. The van der Waals surface area contributed by atoms with Crippen molar-refractivity contribution in [1.29, 1.82) is 0 Å². The molecule has 2 unspecified atom stereocenters. The molecule has 2 atom stereocenters. The average Bonchev–Trinajstić information content (AvgIpc) is 2.04. The van der Waals surface area contributed by atoms with Crippen molar-refractivity contribution in [3.8, 4) is 0 Å². The predicted octanol–water partition coefficient (Wildman–Crippen LogP) is 3.43. The lowest BCUT2D eigenvalue weighted by molar-refractivity contribution is 0.391. The lowest BCUT2D eigenvalue weighted by Gasteiger charge is -2.21. The summed E-state index contributed by atoms with van der Waals surface area (Å²) in [6.45, 7) is 7.09. The van der Waals surface area contributed by atoms with Gasteiger partial charge in [-0.25, -0.2) is 0 Å². The molecular formula is C10H19. The van der Waals surface area contributed by atoms with Crippen LogP contribution in [0.15, 0.2) is 0 Å². The summed E-state index contributed by atoms with van der Waals surface area (Å²) in [7, 11) is 0. The Labute approximate surface area is 65.0 Å². The fraction of sp³-hybridized carbons (Fsp3) is 0.900. The van der Waals surface area contributed by atoms with Crippen molar-refractivity contribution in [1.82, 2.24) is 0 Å². The highest BCUT2D eigenvalue weighted by molar-refractivity contribution is 4.93. The molecule has 0 nitrogen and oxygen atoms in total. The Kier molecular flexibility index (Phi) is 2.76. The Morgan fingerprint density at radius 2 is 1.90 bits per heavy atom. The fourth-order valence-corrected chi connectivity index (χ4v) is 1.83. The molecule has 1 rings (SSSR count). The summed E-state index contributed by atoms with van der Waals surface area (Å²) in [6, 6.07) is 0. The van der Waals surface area contributed by atoms with E-state index in [2.05, 4.69) is 20.8 Å². The zero-order valence-electron chi connectivity index (χ0n) is 7.48. The van der Waals surface area contributed by atoms with E-state index >= 15 is 0 Å². The molecule has 1 radical (unpaired) electrons. The van der Waals surface area contributed by atoms with E-state index in [9.17, 15) is 0 Å². The first kappa shape index (κ1) is 8.10. The average molecular weight is 139 g/mol. The summed E-state index contributed by atoms with van der Waals surface area (Å²) < 4.78 is 0. The summed E-state index contributed by atoms with van der Waals surface area (Å²) in [5.41, 5.74) is 0. The largest absolute Gasteiger partial charge is 0.0622 e. The van der Waals surface area contributed by atoms with Crippen LogP contribution in [0.5, 0.6) is 0 Å². The molecule has 0 heterocycles. The van der Waals surface area contributed by atoms with Gasteiger partial charge in [0.15, 0.2) is 0 Å². The molecule has 0 heteroatoms. The molecule has 1 aliphatic rings. The molecule has 0 aromatic carbocycles. The maximum absolute atomic E-state index is 2.39. The highest BCUT2D eigenvalue weighted by Crippen LogP contribution is 2.33. The second kappa shape index (κ2) is 3.41. The zero-order chi connectivity index (χ0) is 7.56. The Bertz CT molecular complexity index is 84.2. The van der Waals surface area contributed by atoms with Gasteiger partial charge in [-0.05, 0) is 24.2 Å². The summed E-state index contributed by atoms with van der Waals surface area (Å²) in [6.07, 6.45) is 5.70. The molecule has 0 aromatic heterocycles. The molecule has 10 heavy (non-hydrogen) atoms. The van der Waals surface area contributed by atoms with Crippen LogP contribution >= 0.6 is 0 Å². The van der Waals surface area contributed by atoms with Crippen LogP contribution in [0, 0.1) is 17.8 Å². The lowest BCUT2D eigenvalue weighted by Crippen LogP contribution is -2.11. The predicted molar refractivity (Wildman–Crippen MR) is 45.7 cm³/mol. The van der Waals surface area contributed by atoms with Gasteiger partial charge in [-0.1, -0.05) is 40.0 Å². The second-order valence-corrected chi connectivity index (χ2v) is 3.86. The molecule has 0 saturated heterocycles. The molecule has 0 N–H and O–H groups in total. The van der Waals surface area contributed by atoms with E-state index in [0.717, 1.165) is 11.8 Å². The van der Waals surface area contributed by atoms with Crippen LogP contribution < -0.4 is 0 Å². The first-order chi connectivity index (χ1) is 4.72. The van der Waals surface area contributed by atoms with Crippen LogP contribution in [0.25, 0.3) is 0 Å². The van der Waals surface area contributed by atoms with E-state index in [1.807, 2.05) is 0 Å². The Morgan fingerprint density at radius 3 is 2.60 bits per heavy atom. The first-order valence-electron chi connectivity index (χ1n) is 4.54. The highest BCUT2D eigenvalue weighted by atomic mass is 14.3. The van der Waals surface area contributed by atoms with Crippen LogP contribution in [-0.4, -0.2) is 0 Å². The third-order valence-corrected chi connectivity index (χ3v) is 3.11. The number of hydrogen-bond donors (Lipinski definition) is 0. The van der Waals surface area contributed by atoms with Crippen molar-refractivity contribution in [3.05, 3.63) is 5.92 Å². The van der Waals surface area contributed by atoms with E-state index < -0.39 is 0 Å². The topological polar surface area (TPSA) is 0 Å². The Hall–Kier alpha value is 0. The summed E-state index contributed by atoms with van der Waals surface area (Å²) in [5, 5.41) is 0.